The summed E-state index contributed by atoms with van der Waals surface area (Å²) in [7, 11) is 1.93. The third-order valence-electron chi connectivity index (χ3n) is 5.43. The maximum atomic E-state index is 12.7. The van der Waals surface area contributed by atoms with Crippen LogP contribution in [0.25, 0.3) is 10.6 Å². The molecule has 1 saturated heterocycles. The van der Waals surface area contributed by atoms with E-state index in [0.29, 0.717) is 12.3 Å². The highest BCUT2D eigenvalue weighted by Crippen LogP contribution is 2.34. The Bertz CT molecular complexity index is 722. The Hall–Kier alpha value is -1.72. The minimum Gasteiger partial charge on any atom is -0.338 e. The average Bonchev–Trinajstić information content (AvgIpc) is 3.08. The molecule has 4 nitrogen and oxygen atoms in total. The first-order valence-corrected chi connectivity index (χ1v) is 10.4. The molecule has 1 aliphatic rings. The molecule has 1 amide bonds. The number of hydrogen-bond acceptors (Lipinski definition) is 4. The van der Waals surface area contributed by atoms with Gasteiger partial charge in [0.1, 0.15) is 5.01 Å². The first-order valence-electron chi connectivity index (χ1n) is 9.55. The van der Waals surface area contributed by atoms with E-state index in [2.05, 4.69) is 24.4 Å². The smallest absolute Gasteiger partial charge is 0.222 e. The van der Waals surface area contributed by atoms with Crippen LogP contribution in [-0.2, 0) is 4.79 Å². The predicted octanol–water partition coefficient (Wildman–Crippen LogP) is 4.42. The molecule has 1 atom stereocenters. The van der Waals surface area contributed by atoms with Crippen molar-refractivity contribution in [3.05, 3.63) is 40.9 Å². The van der Waals surface area contributed by atoms with E-state index in [9.17, 15) is 4.79 Å². The van der Waals surface area contributed by atoms with Gasteiger partial charge in [-0.15, -0.1) is 11.3 Å². The summed E-state index contributed by atoms with van der Waals surface area (Å²) < 4.78 is 0. The van der Waals surface area contributed by atoms with Gasteiger partial charge in [-0.05, 0) is 52.1 Å². The molecule has 140 valence electrons. The molecule has 0 bridgehead atoms. The van der Waals surface area contributed by atoms with Crippen molar-refractivity contribution in [1.82, 2.24) is 15.2 Å². The Kier molecular flexibility index (Phi) is 6.43. The van der Waals surface area contributed by atoms with Gasteiger partial charge in [0, 0.05) is 19.0 Å². The van der Waals surface area contributed by atoms with Gasteiger partial charge in [-0.25, -0.2) is 4.98 Å². The number of aromatic nitrogens is 1. The lowest BCUT2D eigenvalue weighted by Crippen LogP contribution is -2.31. The highest BCUT2D eigenvalue weighted by molar-refractivity contribution is 7.15. The molecule has 0 radical (unpaired) electrons. The minimum atomic E-state index is 0.0606. The van der Waals surface area contributed by atoms with Crippen molar-refractivity contribution in [1.29, 1.82) is 0 Å². The number of amides is 1. The van der Waals surface area contributed by atoms with E-state index >= 15 is 0 Å². The second-order valence-electron chi connectivity index (χ2n) is 7.25. The molecule has 1 fully saturated rings. The monoisotopic (exact) mass is 371 g/mol. The molecule has 1 N–H and O–H groups in total. The number of nitrogens with zero attached hydrogens (tertiary/aromatic N) is 2. The number of benzene rings is 1. The number of carbonyl (C=O) groups is 1. The Morgan fingerprint density at radius 3 is 2.69 bits per heavy atom. The Morgan fingerprint density at radius 1 is 1.31 bits per heavy atom. The molecule has 1 aromatic heterocycles. The second-order valence-corrected chi connectivity index (χ2v) is 8.28. The van der Waals surface area contributed by atoms with Crippen molar-refractivity contribution < 1.29 is 4.79 Å². The lowest BCUT2D eigenvalue weighted by Gasteiger charge is -2.26. The maximum Gasteiger partial charge on any atom is 0.222 e. The van der Waals surface area contributed by atoms with Crippen LogP contribution in [0.2, 0.25) is 0 Å². The van der Waals surface area contributed by atoms with E-state index in [1.807, 2.05) is 37.1 Å². The van der Waals surface area contributed by atoms with Gasteiger partial charge < -0.3 is 10.2 Å². The van der Waals surface area contributed by atoms with Crippen LogP contribution >= 0.6 is 11.3 Å². The standard InChI is InChI=1S/C21H29N3OS/c1-15-20(26-21(23-15)18-7-5-4-6-8-18)16(2)24(3)19(25)10-9-17-11-13-22-14-12-17/h4-8,16-17,22H,9-14H2,1-3H3. The van der Waals surface area contributed by atoms with Crippen molar-refractivity contribution in [2.45, 2.75) is 45.6 Å². The quantitative estimate of drug-likeness (QED) is 0.818. The largest absolute Gasteiger partial charge is 0.338 e. The van der Waals surface area contributed by atoms with Crippen LogP contribution in [0.15, 0.2) is 30.3 Å². The molecule has 2 aromatic rings. The third-order valence-corrected chi connectivity index (χ3v) is 6.81. The molecule has 0 aliphatic carbocycles. The zero-order valence-electron chi connectivity index (χ0n) is 16.0. The fourth-order valence-electron chi connectivity index (χ4n) is 3.57. The van der Waals surface area contributed by atoms with Crippen molar-refractivity contribution in [2.75, 3.05) is 20.1 Å². The molecule has 0 saturated carbocycles. The summed E-state index contributed by atoms with van der Waals surface area (Å²) >= 11 is 1.70. The van der Waals surface area contributed by atoms with Gasteiger partial charge in [-0.3, -0.25) is 4.79 Å². The van der Waals surface area contributed by atoms with E-state index in [-0.39, 0.29) is 11.9 Å². The van der Waals surface area contributed by atoms with Crippen LogP contribution in [0, 0.1) is 12.8 Å². The average molecular weight is 372 g/mol. The summed E-state index contributed by atoms with van der Waals surface area (Å²) in [6, 6.07) is 10.3. The van der Waals surface area contributed by atoms with Gasteiger partial charge in [0.25, 0.3) is 0 Å². The molecule has 26 heavy (non-hydrogen) atoms. The highest BCUT2D eigenvalue weighted by atomic mass is 32.1. The van der Waals surface area contributed by atoms with Gasteiger partial charge in [-0.1, -0.05) is 30.3 Å². The lowest BCUT2D eigenvalue weighted by molar-refractivity contribution is -0.132. The number of thiazole rings is 1. The number of carbonyl (C=O) groups excluding carboxylic acids is 1. The van der Waals surface area contributed by atoms with Crippen molar-refractivity contribution in [3.8, 4) is 10.6 Å². The second kappa shape index (κ2) is 8.78. The zero-order chi connectivity index (χ0) is 18.5. The van der Waals surface area contributed by atoms with Gasteiger partial charge >= 0.3 is 0 Å². The summed E-state index contributed by atoms with van der Waals surface area (Å²) in [4.78, 5) is 20.5. The molecule has 3 rings (SSSR count). The van der Waals surface area contributed by atoms with Crippen LogP contribution < -0.4 is 5.32 Å². The van der Waals surface area contributed by atoms with E-state index < -0.39 is 0 Å². The number of piperidine rings is 1. The number of nitrogens with one attached hydrogen (secondary N) is 1. The maximum absolute atomic E-state index is 12.7. The summed E-state index contributed by atoms with van der Waals surface area (Å²) in [5.74, 6) is 0.934. The van der Waals surface area contributed by atoms with Gasteiger partial charge in [0.2, 0.25) is 5.91 Å². The Labute approximate surface area is 160 Å². The van der Waals surface area contributed by atoms with Crippen LogP contribution in [0.5, 0.6) is 0 Å². The Morgan fingerprint density at radius 2 is 2.00 bits per heavy atom. The lowest BCUT2D eigenvalue weighted by atomic mass is 9.93. The summed E-state index contributed by atoms with van der Waals surface area (Å²) in [5, 5.41) is 4.41. The fraction of sp³-hybridized carbons (Fsp3) is 0.524. The summed E-state index contributed by atoms with van der Waals surface area (Å²) in [5.41, 5.74) is 2.17. The molecule has 1 unspecified atom stereocenters. The van der Waals surface area contributed by atoms with Crippen molar-refractivity contribution in [3.63, 3.8) is 0 Å². The molecule has 5 heteroatoms. The number of aryl methyl sites for hydroxylation is 1. The topological polar surface area (TPSA) is 45.2 Å². The first-order chi connectivity index (χ1) is 12.6. The van der Waals surface area contributed by atoms with Gasteiger partial charge in [0.05, 0.1) is 16.6 Å². The molecule has 0 spiro atoms. The van der Waals surface area contributed by atoms with Crippen molar-refractivity contribution >= 4 is 17.2 Å². The number of rotatable bonds is 6. The van der Waals surface area contributed by atoms with Crippen LogP contribution in [0.3, 0.4) is 0 Å². The van der Waals surface area contributed by atoms with Crippen LogP contribution in [0.1, 0.15) is 49.2 Å². The molecular formula is C21H29N3OS. The summed E-state index contributed by atoms with van der Waals surface area (Å²) in [6.45, 7) is 6.33. The van der Waals surface area contributed by atoms with Gasteiger partial charge in [0.15, 0.2) is 0 Å². The van der Waals surface area contributed by atoms with E-state index in [1.54, 1.807) is 11.3 Å². The minimum absolute atomic E-state index is 0.0606. The molecule has 2 heterocycles. The predicted molar refractivity (Wildman–Crippen MR) is 108 cm³/mol. The number of hydrogen-bond donors (Lipinski definition) is 1. The van der Waals surface area contributed by atoms with E-state index in [0.717, 1.165) is 35.8 Å². The van der Waals surface area contributed by atoms with Crippen LogP contribution in [0.4, 0.5) is 0 Å². The van der Waals surface area contributed by atoms with E-state index in [1.165, 1.54) is 17.7 Å². The highest BCUT2D eigenvalue weighted by Gasteiger charge is 2.23. The normalized spacial score (nSPS) is 16.4. The fourth-order valence-corrected chi connectivity index (χ4v) is 4.73. The Balaban J connectivity index is 1.63. The van der Waals surface area contributed by atoms with Crippen LogP contribution in [-0.4, -0.2) is 35.9 Å². The summed E-state index contributed by atoms with van der Waals surface area (Å²) in [6.07, 6.45) is 4.05. The van der Waals surface area contributed by atoms with Crippen molar-refractivity contribution in [2.24, 2.45) is 5.92 Å². The molecule has 1 aromatic carbocycles. The first kappa shape index (κ1) is 19.1. The third kappa shape index (κ3) is 4.51. The molecular weight excluding hydrogens is 342 g/mol. The van der Waals surface area contributed by atoms with Gasteiger partial charge in [-0.2, -0.15) is 0 Å². The SMILES string of the molecule is Cc1nc(-c2ccccc2)sc1C(C)N(C)C(=O)CCC1CCNCC1. The molecule has 1 aliphatic heterocycles. The van der Waals surface area contributed by atoms with E-state index in [4.69, 9.17) is 4.98 Å². The zero-order valence-corrected chi connectivity index (χ0v) is 16.8.